The van der Waals surface area contributed by atoms with E-state index in [1.165, 1.54) is 0 Å². The highest BCUT2D eigenvalue weighted by Gasteiger charge is 2.17. The fourth-order valence-electron chi connectivity index (χ4n) is 1.59. The Morgan fingerprint density at radius 1 is 1.30 bits per heavy atom. The smallest absolute Gasteiger partial charge is 0.155 e. The molecular formula is C13H19Cl2NO3S. The molecule has 0 aliphatic rings. The Kier molecular flexibility index (Phi) is 6.58. The zero-order valence-corrected chi connectivity index (χ0v) is 14.1. The van der Waals surface area contributed by atoms with Crippen LogP contribution in [0.4, 0.5) is 0 Å². The normalized spacial score (nSPS) is 11.9. The van der Waals surface area contributed by atoms with Crippen molar-refractivity contribution in [2.24, 2.45) is 0 Å². The Labute approximate surface area is 130 Å². The lowest BCUT2D eigenvalue weighted by atomic mass is 10.2. The number of benzene rings is 1. The van der Waals surface area contributed by atoms with Gasteiger partial charge in [-0.3, -0.25) is 0 Å². The van der Waals surface area contributed by atoms with E-state index in [0.29, 0.717) is 22.3 Å². The lowest BCUT2D eigenvalue weighted by molar-refractivity contribution is 0.336. The van der Waals surface area contributed by atoms with Gasteiger partial charge in [0.1, 0.15) is 12.4 Å². The zero-order chi connectivity index (χ0) is 15.3. The predicted octanol–water partition coefficient (Wildman–Crippen LogP) is 2.91. The van der Waals surface area contributed by atoms with E-state index in [4.69, 9.17) is 27.9 Å². The number of ether oxygens (including phenoxy) is 1. The molecule has 0 aromatic heterocycles. The first-order chi connectivity index (χ1) is 9.27. The fourth-order valence-corrected chi connectivity index (χ4v) is 2.97. The van der Waals surface area contributed by atoms with Crippen LogP contribution in [0.2, 0.25) is 10.0 Å². The van der Waals surface area contributed by atoms with Crippen LogP contribution in [0.25, 0.3) is 0 Å². The van der Waals surface area contributed by atoms with E-state index in [-0.39, 0.29) is 12.4 Å². The first kappa shape index (κ1) is 17.6. The minimum absolute atomic E-state index is 0.0391. The van der Waals surface area contributed by atoms with E-state index in [1.807, 2.05) is 0 Å². The highest BCUT2D eigenvalue weighted by atomic mass is 35.5. The number of nitrogens with one attached hydrogen (secondary N) is 1. The van der Waals surface area contributed by atoms with Gasteiger partial charge in [-0.05, 0) is 33.0 Å². The molecule has 114 valence electrons. The van der Waals surface area contributed by atoms with Crippen molar-refractivity contribution in [1.29, 1.82) is 0 Å². The van der Waals surface area contributed by atoms with Crippen LogP contribution < -0.4 is 10.1 Å². The second-order valence-corrected chi connectivity index (χ2v) is 8.19. The molecule has 0 fully saturated rings. The molecule has 0 saturated heterocycles. The van der Waals surface area contributed by atoms with Crippen molar-refractivity contribution in [3.05, 3.63) is 27.7 Å². The lowest BCUT2D eigenvalue weighted by Gasteiger charge is -2.14. The Bertz CT molecular complexity index is 559. The maximum Gasteiger partial charge on any atom is 0.155 e. The number of hydrogen-bond donors (Lipinski definition) is 1. The van der Waals surface area contributed by atoms with Gasteiger partial charge >= 0.3 is 0 Å². The van der Waals surface area contributed by atoms with Gasteiger partial charge in [-0.1, -0.05) is 23.2 Å². The van der Waals surface area contributed by atoms with Crippen LogP contribution in [0, 0.1) is 0 Å². The summed E-state index contributed by atoms with van der Waals surface area (Å²) >= 11 is 12.0. The van der Waals surface area contributed by atoms with Crippen LogP contribution in [0.5, 0.6) is 5.75 Å². The molecule has 1 aromatic carbocycles. The molecule has 4 nitrogen and oxygen atoms in total. The Morgan fingerprint density at radius 3 is 2.50 bits per heavy atom. The van der Waals surface area contributed by atoms with Crippen LogP contribution in [0.3, 0.4) is 0 Å². The predicted molar refractivity (Wildman–Crippen MR) is 83.6 cm³/mol. The second-order valence-electron chi connectivity index (χ2n) is 4.67. The summed E-state index contributed by atoms with van der Waals surface area (Å²) in [5.41, 5.74) is 0.798. The second kappa shape index (κ2) is 7.50. The molecule has 1 rings (SSSR count). The fraction of sp³-hybridized carbons (Fsp3) is 0.538. The average Bonchev–Trinajstić information content (AvgIpc) is 2.32. The van der Waals surface area contributed by atoms with Crippen LogP contribution in [-0.4, -0.2) is 33.1 Å². The van der Waals surface area contributed by atoms with Crippen molar-refractivity contribution in [3.63, 3.8) is 0 Å². The minimum Gasteiger partial charge on any atom is -0.491 e. The zero-order valence-electron chi connectivity index (χ0n) is 11.7. The van der Waals surface area contributed by atoms with Crippen LogP contribution in [-0.2, 0) is 16.4 Å². The minimum atomic E-state index is -3.12. The molecule has 0 aliphatic carbocycles. The van der Waals surface area contributed by atoms with Gasteiger partial charge in [0.2, 0.25) is 0 Å². The van der Waals surface area contributed by atoms with Crippen molar-refractivity contribution in [3.8, 4) is 5.75 Å². The first-order valence-electron chi connectivity index (χ1n) is 6.24. The van der Waals surface area contributed by atoms with E-state index >= 15 is 0 Å². The Balaban J connectivity index is 2.82. The van der Waals surface area contributed by atoms with Crippen LogP contribution >= 0.6 is 23.2 Å². The van der Waals surface area contributed by atoms with Gasteiger partial charge in [0.25, 0.3) is 0 Å². The van der Waals surface area contributed by atoms with Gasteiger partial charge in [-0.2, -0.15) is 0 Å². The van der Waals surface area contributed by atoms with Crippen LogP contribution in [0.15, 0.2) is 12.1 Å². The van der Waals surface area contributed by atoms with Gasteiger partial charge in [0.15, 0.2) is 9.84 Å². The van der Waals surface area contributed by atoms with Crippen molar-refractivity contribution in [2.45, 2.75) is 25.6 Å². The molecule has 20 heavy (non-hydrogen) atoms. The topological polar surface area (TPSA) is 55.4 Å². The Morgan fingerprint density at radius 2 is 1.95 bits per heavy atom. The molecule has 0 radical (unpaired) electrons. The summed E-state index contributed by atoms with van der Waals surface area (Å²) in [6, 6.07) is 3.32. The Hall–Kier alpha value is -0.490. The van der Waals surface area contributed by atoms with Crippen molar-refractivity contribution >= 4 is 33.0 Å². The molecule has 0 saturated carbocycles. The third-order valence-corrected chi connectivity index (χ3v) is 5.46. The van der Waals surface area contributed by atoms with Crippen LogP contribution in [0.1, 0.15) is 19.4 Å². The van der Waals surface area contributed by atoms with E-state index in [9.17, 15) is 8.42 Å². The third-order valence-electron chi connectivity index (χ3n) is 2.79. The lowest BCUT2D eigenvalue weighted by Crippen LogP contribution is -2.22. The van der Waals surface area contributed by atoms with E-state index < -0.39 is 15.1 Å². The summed E-state index contributed by atoms with van der Waals surface area (Å²) in [5.74, 6) is 0.437. The van der Waals surface area contributed by atoms with Gasteiger partial charge in [-0.25, -0.2) is 8.42 Å². The maximum absolute atomic E-state index is 11.7. The third kappa shape index (κ3) is 4.81. The average molecular weight is 340 g/mol. The number of halogens is 2. The molecule has 0 amide bonds. The largest absolute Gasteiger partial charge is 0.491 e. The van der Waals surface area contributed by atoms with Gasteiger partial charge in [0.05, 0.1) is 16.0 Å². The van der Waals surface area contributed by atoms with E-state index in [2.05, 4.69) is 5.32 Å². The van der Waals surface area contributed by atoms with Gasteiger partial charge in [-0.15, -0.1) is 0 Å². The summed E-state index contributed by atoms with van der Waals surface area (Å²) in [4.78, 5) is 0. The quantitative estimate of drug-likeness (QED) is 0.829. The summed E-state index contributed by atoms with van der Waals surface area (Å²) in [6.07, 6.45) is 0. The van der Waals surface area contributed by atoms with E-state index in [0.717, 1.165) is 5.56 Å². The maximum atomic E-state index is 11.7. The SMILES string of the molecule is CNCc1cc(Cl)cc(Cl)c1OCCS(=O)(=O)C(C)C. The molecule has 0 heterocycles. The van der Waals surface area contributed by atoms with Gasteiger partial charge < -0.3 is 10.1 Å². The molecular weight excluding hydrogens is 321 g/mol. The molecule has 0 unspecified atom stereocenters. The van der Waals surface area contributed by atoms with Crippen molar-refractivity contribution < 1.29 is 13.2 Å². The van der Waals surface area contributed by atoms with Crippen molar-refractivity contribution in [2.75, 3.05) is 19.4 Å². The number of hydrogen-bond acceptors (Lipinski definition) is 4. The molecule has 0 bridgehead atoms. The number of rotatable bonds is 7. The summed E-state index contributed by atoms with van der Waals surface area (Å²) in [6.45, 7) is 3.90. The first-order valence-corrected chi connectivity index (χ1v) is 8.72. The summed E-state index contributed by atoms with van der Waals surface area (Å²) in [7, 11) is -1.33. The monoisotopic (exact) mass is 339 g/mol. The van der Waals surface area contributed by atoms with Crippen molar-refractivity contribution in [1.82, 2.24) is 5.32 Å². The van der Waals surface area contributed by atoms with Gasteiger partial charge in [0, 0.05) is 17.1 Å². The molecule has 1 aromatic rings. The molecule has 0 atom stereocenters. The highest BCUT2D eigenvalue weighted by molar-refractivity contribution is 7.91. The molecule has 1 N–H and O–H groups in total. The molecule has 0 spiro atoms. The molecule has 0 aliphatic heterocycles. The number of sulfone groups is 1. The standard InChI is InChI=1S/C13H19Cl2NO3S/c1-9(2)20(17,18)5-4-19-13-10(8-16-3)6-11(14)7-12(13)15/h6-7,9,16H,4-5,8H2,1-3H3. The summed E-state index contributed by atoms with van der Waals surface area (Å²) < 4.78 is 29.0. The summed E-state index contributed by atoms with van der Waals surface area (Å²) in [5, 5.41) is 3.47. The van der Waals surface area contributed by atoms with E-state index in [1.54, 1.807) is 33.0 Å². The highest BCUT2D eigenvalue weighted by Crippen LogP contribution is 2.32. The molecule has 7 heteroatoms.